The van der Waals surface area contributed by atoms with E-state index in [0.717, 1.165) is 24.4 Å². The highest BCUT2D eigenvalue weighted by Gasteiger charge is 2.45. The normalized spacial score (nSPS) is 18.4. The van der Waals surface area contributed by atoms with Crippen molar-refractivity contribution in [3.05, 3.63) is 35.3 Å². The molecule has 10 nitrogen and oxygen atoms in total. The first-order valence-corrected chi connectivity index (χ1v) is 10.2. The van der Waals surface area contributed by atoms with Crippen molar-refractivity contribution in [1.29, 1.82) is 0 Å². The van der Waals surface area contributed by atoms with Crippen molar-refractivity contribution in [3.8, 4) is 11.5 Å². The highest BCUT2D eigenvalue weighted by atomic mass is 19.3. The molecule has 0 spiro atoms. The van der Waals surface area contributed by atoms with Gasteiger partial charge in [-0.2, -0.15) is 4.52 Å². The van der Waals surface area contributed by atoms with E-state index >= 15 is 0 Å². The highest BCUT2D eigenvalue weighted by molar-refractivity contribution is 5.97. The number of hydrogen-bond donors (Lipinski definition) is 1. The maximum atomic E-state index is 13.5. The van der Waals surface area contributed by atoms with Crippen LogP contribution in [0.5, 0.6) is 11.5 Å². The Labute approximate surface area is 179 Å². The number of rotatable bonds is 3. The van der Waals surface area contributed by atoms with Crippen LogP contribution in [0.4, 0.5) is 14.7 Å². The number of aryl methyl sites for hydroxylation is 1. The Bertz CT molecular complexity index is 1380. The molecular formula is C20H19F2N7O3. The highest BCUT2D eigenvalue weighted by Crippen LogP contribution is 2.45. The summed E-state index contributed by atoms with van der Waals surface area (Å²) in [4.78, 5) is 15.6. The summed E-state index contributed by atoms with van der Waals surface area (Å²) in [5, 5.41) is 4.99. The van der Waals surface area contributed by atoms with Crippen LogP contribution in [0.15, 0.2) is 16.5 Å². The zero-order chi connectivity index (χ0) is 22.2. The fourth-order valence-electron chi connectivity index (χ4n) is 4.34. The fraction of sp³-hybridized carbons (Fsp3) is 0.400. The molecule has 0 saturated carbocycles. The Kier molecular flexibility index (Phi) is 3.88. The quantitative estimate of drug-likeness (QED) is 0.509. The first-order valence-electron chi connectivity index (χ1n) is 10.2. The van der Waals surface area contributed by atoms with E-state index in [2.05, 4.69) is 41.3 Å². The van der Waals surface area contributed by atoms with Gasteiger partial charge in [0.15, 0.2) is 28.9 Å². The molecule has 0 saturated heterocycles. The lowest BCUT2D eigenvalue weighted by Crippen LogP contribution is -2.38. The fourth-order valence-corrected chi connectivity index (χ4v) is 4.34. The number of benzene rings is 1. The molecule has 4 aromatic rings. The molecule has 1 atom stereocenters. The van der Waals surface area contributed by atoms with Gasteiger partial charge in [-0.1, -0.05) is 0 Å². The number of nitrogen functional groups attached to an aromatic ring is 1. The van der Waals surface area contributed by atoms with Crippen molar-refractivity contribution in [3.63, 3.8) is 0 Å². The van der Waals surface area contributed by atoms with Gasteiger partial charge in [0.25, 0.3) is 0 Å². The molecule has 0 radical (unpaired) electrons. The van der Waals surface area contributed by atoms with Crippen LogP contribution in [0.1, 0.15) is 30.1 Å². The molecule has 12 heteroatoms. The smallest absolute Gasteiger partial charge is 0.444 e. The number of halogens is 2. The lowest BCUT2D eigenvalue weighted by molar-refractivity contribution is -0.286. The van der Waals surface area contributed by atoms with E-state index in [0.29, 0.717) is 35.7 Å². The van der Waals surface area contributed by atoms with Crippen molar-refractivity contribution >= 4 is 22.5 Å². The van der Waals surface area contributed by atoms with Crippen LogP contribution in [0, 0.1) is 6.92 Å². The predicted molar refractivity (Wildman–Crippen MR) is 107 cm³/mol. The number of nitrogens with two attached hydrogens (primary N) is 1. The number of aromatic nitrogens is 5. The summed E-state index contributed by atoms with van der Waals surface area (Å²) < 4.78 is 43.4. The first-order chi connectivity index (χ1) is 15.3. The molecule has 6 rings (SSSR count). The molecule has 2 aliphatic rings. The number of nitrogens with zero attached hydrogens (tertiary/aromatic N) is 6. The maximum Gasteiger partial charge on any atom is 0.586 e. The van der Waals surface area contributed by atoms with Crippen molar-refractivity contribution in [1.82, 2.24) is 29.5 Å². The minimum Gasteiger partial charge on any atom is -0.444 e. The SMILES string of the molecule is Cc1nc2c(o1)CN(C(C)Cc1nc3c4ccc5c(c4nc(N)n3n1)OC(F)(F)O5)CC2. The van der Waals surface area contributed by atoms with E-state index in [1.54, 1.807) is 6.07 Å². The van der Waals surface area contributed by atoms with Gasteiger partial charge in [-0.05, 0) is 19.1 Å². The van der Waals surface area contributed by atoms with Gasteiger partial charge in [0.05, 0.1) is 12.2 Å². The van der Waals surface area contributed by atoms with E-state index < -0.39 is 6.29 Å². The second-order valence-electron chi connectivity index (χ2n) is 8.07. The Morgan fingerprint density at radius 1 is 1.22 bits per heavy atom. The zero-order valence-corrected chi connectivity index (χ0v) is 17.3. The van der Waals surface area contributed by atoms with E-state index in [9.17, 15) is 8.78 Å². The van der Waals surface area contributed by atoms with Gasteiger partial charge < -0.3 is 19.6 Å². The van der Waals surface area contributed by atoms with Crippen molar-refractivity contribution in [2.24, 2.45) is 0 Å². The van der Waals surface area contributed by atoms with Gasteiger partial charge in [0, 0.05) is 37.7 Å². The summed E-state index contributed by atoms with van der Waals surface area (Å²) in [6, 6.07) is 3.13. The predicted octanol–water partition coefficient (Wildman–Crippen LogP) is 2.47. The van der Waals surface area contributed by atoms with E-state index in [1.807, 2.05) is 6.92 Å². The average Bonchev–Trinajstić information content (AvgIpc) is 3.40. The van der Waals surface area contributed by atoms with Gasteiger partial charge in [-0.15, -0.1) is 13.9 Å². The van der Waals surface area contributed by atoms with Crippen LogP contribution >= 0.6 is 0 Å². The van der Waals surface area contributed by atoms with E-state index in [1.165, 1.54) is 10.6 Å². The standard InChI is InChI=1S/C20H19F2N7O3/c1-9(28-6-5-12-14(8-28)30-10(2)24-12)7-15-25-18-11-3-4-13-17(32-20(21,22)31-13)16(11)26-19(23)29(18)27-15/h3-4,9H,5-8H2,1-2H3,(H2,23,26). The van der Waals surface area contributed by atoms with Gasteiger partial charge in [0.2, 0.25) is 5.95 Å². The summed E-state index contributed by atoms with van der Waals surface area (Å²) in [6.07, 6.45) is -2.35. The Morgan fingerprint density at radius 3 is 2.91 bits per heavy atom. The monoisotopic (exact) mass is 443 g/mol. The molecule has 2 N–H and O–H groups in total. The van der Waals surface area contributed by atoms with Crippen molar-refractivity contribution in [2.45, 2.75) is 45.6 Å². The van der Waals surface area contributed by atoms with Crippen molar-refractivity contribution in [2.75, 3.05) is 12.3 Å². The largest absolute Gasteiger partial charge is 0.586 e. The summed E-state index contributed by atoms with van der Waals surface area (Å²) in [6.45, 7) is 5.48. The molecule has 32 heavy (non-hydrogen) atoms. The maximum absolute atomic E-state index is 13.5. The lowest BCUT2D eigenvalue weighted by Gasteiger charge is -2.30. The zero-order valence-electron chi connectivity index (χ0n) is 17.3. The summed E-state index contributed by atoms with van der Waals surface area (Å²) >= 11 is 0. The van der Waals surface area contributed by atoms with Crippen LogP contribution in [0.2, 0.25) is 0 Å². The third-order valence-electron chi connectivity index (χ3n) is 5.85. The van der Waals surface area contributed by atoms with Gasteiger partial charge in [-0.3, -0.25) is 4.90 Å². The number of anilines is 1. The molecule has 5 heterocycles. The molecule has 0 aliphatic carbocycles. The molecule has 1 aromatic carbocycles. The minimum absolute atomic E-state index is 0.0193. The molecule has 0 amide bonds. The number of hydrogen-bond acceptors (Lipinski definition) is 9. The van der Waals surface area contributed by atoms with Crippen LogP contribution in [-0.4, -0.2) is 48.3 Å². The third kappa shape index (κ3) is 2.93. The minimum atomic E-state index is -3.75. The first kappa shape index (κ1) is 19.2. The number of alkyl halides is 2. The lowest BCUT2D eigenvalue weighted by atomic mass is 10.1. The molecule has 2 aliphatic heterocycles. The van der Waals surface area contributed by atoms with E-state index in [-0.39, 0.29) is 29.0 Å². The Balaban J connectivity index is 1.32. The number of fused-ring (bicyclic) bond motifs is 6. The number of oxazole rings is 1. The molecule has 166 valence electrons. The number of ether oxygens (including phenoxy) is 2. The average molecular weight is 443 g/mol. The van der Waals surface area contributed by atoms with Crippen LogP contribution < -0.4 is 15.2 Å². The second-order valence-corrected chi connectivity index (χ2v) is 8.07. The molecule has 1 unspecified atom stereocenters. The summed E-state index contributed by atoms with van der Waals surface area (Å²) in [5.74, 6) is 1.91. The van der Waals surface area contributed by atoms with Gasteiger partial charge in [-0.25, -0.2) is 15.0 Å². The Morgan fingerprint density at radius 2 is 2.06 bits per heavy atom. The van der Waals surface area contributed by atoms with E-state index in [4.69, 9.17) is 10.2 Å². The van der Waals surface area contributed by atoms with Gasteiger partial charge >= 0.3 is 6.29 Å². The molecule has 0 bridgehead atoms. The third-order valence-corrected chi connectivity index (χ3v) is 5.85. The molecule has 0 fully saturated rings. The van der Waals surface area contributed by atoms with Crippen LogP contribution in [-0.2, 0) is 19.4 Å². The second kappa shape index (κ2) is 6.48. The summed E-state index contributed by atoms with van der Waals surface area (Å²) in [5.41, 5.74) is 7.66. The van der Waals surface area contributed by atoms with Gasteiger partial charge in [0.1, 0.15) is 11.3 Å². The summed E-state index contributed by atoms with van der Waals surface area (Å²) in [7, 11) is 0. The van der Waals surface area contributed by atoms with Crippen molar-refractivity contribution < 1.29 is 22.7 Å². The topological polar surface area (TPSA) is 117 Å². The van der Waals surface area contributed by atoms with Crippen LogP contribution in [0.3, 0.4) is 0 Å². The Hall–Kier alpha value is -3.54. The molecule has 3 aromatic heterocycles. The van der Waals surface area contributed by atoms with Crippen LogP contribution in [0.25, 0.3) is 16.6 Å². The molecular weight excluding hydrogens is 424 g/mol.